The molecule has 0 bridgehead atoms. The lowest BCUT2D eigenvalue weighted by atomic mass is 10.1. The number of benzene rings is 2. The molecule has 3 aromatic rings. The second-order valence-electron chi connectivity index (χ2n) is 7.21. The lowest BCUT2D eigenvalue weighted by molar-refractivity contribution is -0.274. The fourth-order valence-corrected chi connectivity index (χ4v) is 3.64. The number of halogens is 5. The number of aromatic nitrogens is 2. The Balaban J connectivity index is 1.45. The Bertz CT molecular complexity index is 1110. The van der Waals surface area contributed by atoms with E-state index in [1.807, 2.05) is 0 Å². The topological polar surface area (TPSA) is 70.2 Å². The molecule has 1 atom stereocenters. The summed E-state index contributed by atoms with van der Waals surface area (Å²) in [5.74, 6) is -2.58. The zero-order chi connectivity index (χ0) is 22.9. The summed E-state index contributed by atoms with van der Waals surface area (Å²) in [6, 6.07) is 8.60. The Kier molecular flexibility index (Phi) is 5.72. The molecule has 0 radical (unpaired) electrons. The maximum Gasteiger partial charge on any atom is 0.573 e. The van der Waals surface area contributed by atoms with Crippen LogP contribution in [0.3, 0.4) is 0 Å². The van der Waals surface area contributed by atoms with Gasteiger partial charge in [-0.2, -0.15) is 5.10 Å². The molecule has 2 aromatic carbocycles. The maximum atomic E-state index is 14.1. The molecule has 1 unspecified atom stereocenters. The van der Waals surface area contributed by atoms with E-state index in [2.05, 4.69) is 20.3 Å². The van der Waals surface area contributed by atoms with E-state index in [0.717, 1.165) is 12.1 Å². The molecule has 0 aliphatic carbocycles. The normalized spacial score (nSPS) is 16.3. The lowest BCUT2D eigenvalue weighted by Crippen LogP contribution is -2.37. The van der Waals surface area contributed by atoms with Crippen molar-refractivity contribution < 1.29 is 31.5 Å². The van der Waals surface area contributed by atoms with E-state index >= 15 is 0 Å². The van der Waals surface area contributed by atoms with Crippen molar-refractivity contribution in [2.45, 2.75) is 18.8 Å². The highest BCUT2D eigenvalue weighted by molar-refractivity contribution is 6.00. The van der Waals surface area contributed by atoms with E-state index in [1.165, 1.54) is 30.5 Å². The number of anilines is 1. The third-order valence-electron chi connectivity index (χ3n) is 5.04. The molecule has 1 aromatic heterocycles. The summed E-state index contributed by atoms with van der Waals surface area (Å²) in [7, 11) is 0. The van der Waals surface area contributed by atoms with Crippen LogP contribution in [0.25, 0.3) is 11.3 Å². The van der Waals surface area contributed by atoms with Gasteiger partial charge >= 0.3 is 6.36 Å². The van der Waals surface area contributed by atoms with Crippen molar-refractivity contribution in [2.75, 3.05) is 18.0 Å². The van der Waals surface area contributed by atoms with Crippen LogP contribution in [0, 0.1) is 11.6 Å². The Labute approximate surface area is 179 Å². The molecule has 168 valence electrons. The quantitative estimate of drug-likeness (QED) is 0.568. The number of rotatable bonds is 5. The highest BCUT2D eigenvalue weighted by Crippen LogP contribution is 2.30. The summed E-state index contributed by atoms with van der Waals surface area (Å²) in [4.78, 5) is 14.6. The van der Waals surface area contributed by atoms with Crippen molar-refractivity contribution in [3.63, 3.8) is 0 Å². The molecule has 1 fully saturated rings. The molecule has 0 saturated carbocycles. The fourth-order valence-electron chi connectivity index (χ4n) is 3.64. The molecule has 1 aliphatic rings. The Morgan fingerprint density at radius 1 is 1.16 bits per heavy atom. The molecule has 1 amide bonds. The average molecular weight is 452 g/mol. The summed E-state index contributed by atoms with van der Waals surface area (Å²) < 4.78 is 69.6. The highest BCUT2D eigenvalue weighted by atomic mass is 19.4. The van der Waals surface area contributed by atoms with Crippen LogP contribution in [0.1, 0.15) is 16.8 Å². The minimum absolute atomic E-state index is 0.0203. The number of hydrogen-bond acceptors (Lipinski definition) is 4. The van der Waals surface area contributed by atoms with E-state index in [1.54, 1.807) is 11.0 Å². The number of alkyl halides is 3. The monoisotopic (exact) mass is 452 g/mol. The van der Waals surface area contributed by atoms with Gasteiger partial charge in [0.1, 0.15) is 17.4 Å². The second kappa shape index (κ2) is 8.48. The SMILES string of the molecule is O=C(NC1CCN(c2cccc(OC(F)(F)F)c2)C1)c1cn[nH]c1-c1c(F)cccc1F. The van der Waals surface area contributed by atoms with Gasteiger partial charge in [0, 0.05) is 30.9 Å². The van der Waals surface area contributed by atoms with Crippen LogP contribution in [-0.4, -0.2) is 41.6 Å². The fraction of sp³-hybridized carbons (Fsp3) is 0.238. The number of carbonyl (C=O) groups excluding carboxylic acids is 1. The van der Waals surface area contributed by atoms with Crippen molar-refractivity contribution >= 4 is 11.6 Å². The van der Waals surface area contributed by atoms with Crippen LogP contribution in [0.15, 0.2) is 48.7 Å². The van der Waals surface area contributed by atoms with Gasteiger partial charge in [-0.15, -0.1) is 13.2 Å². The van der Waals surface area contributed by atoms with Crippen LogP contribution < -0.4 is 15.0 Å². The Morgan fingerprint density at radius 3 is 2.59 bits per heavy atom. The largest absolute Gasteiger partial charge is 0.573 e. The molecule has 6 nitrogen and oxygen atoms in total. The molecular formula is C21H17F5N4O2. The third-order valence-corrected chi connectivity index (χ3v) is 5.04. The van der Waals surface area contributed by atoms with Crippen molar-refractivity contribution in [2.24, 2.45) is 0 Å². The highest BCUT2D eigenvalue weighted by Gasteiger charge is 2.32. The van der Waals surface area contributed by atoms with Crippen LogP contribution in [0.5, 0.6) is 5.75 Å². The third kappa shape index (κ3) is 4.66. The van der Waals surface area contributed by atoms with E-state index in [-0.39, 0.29) is 28.6 Å². The predicted molar refractivity (Wildman–Crippen MR) is 105 cm³/mol. The smallest absolute Gasteiger partial charge is 0.406 e. The van der Waals surface area contributed by atoms with Crippen LogP contribution in [0.2, 0.25) is 0 Å². The molecule has 1 aliphatic heterocycles. The van der Waals surface area contributed by atoms with Crippen molar-refractivity contribution in [1.29, 1.82) is 0 Å². The molecule has 0 spiro atoms. The molecule has 2 N–H and O–H groups in total. The number of amides is 1. The van der Waals surface area contributed by atoms with Gasteiger partial charge in [-0.3, -0.25) is 9.89 Å². The molecule has 4 rings (SSSR count). The number of aromatic amines is 1. The summed E-state index contributed by atoms with van der Waals surface area (Å²) in [5.41, 5.74) is 0.0311. The van der Waals surface area contributed by atoms with E-state index in [9.17, 15) is 26.7 Å². The van der Waals surface area contributed by atoms with Crippen LogP contribution in [-0.2, 0) is 0 Å². The van der Waals surface area contributed by atoms with Gasteiger partial charge in [0.15, 0.2) is 0 Å². The van der Waals surface area contributed by atoms with Crippen molar-refractivity contribution in [3.8, 4) is 17.0 Å². The van der Waals surface area contributed by atoms with Crippen LogP contribution in [0.4, 0.5) is 27.6 Å². The van der Waals surface area contributed by atoms with E-state index in [4.69, 9.17) is 0 Å². The van der Waals surface area contributed by atoms with Gasteiger partial charge in [-0.25, -0.2) is 8.78 Å². The van der Waals surface area contributed by atoms with Gasteiger partial charge in [0.2, 0.25) is 0 Å². The molecule has 2 heterocycles. The first-order chi connectivity index (χ1) is 15.2. The summed E-state index contributed by atoms with van der Waals surface area (Å²) in [6.45, 7) is 0.822. The predicted octanol–water partition coefficient (Wildman–Crippen LogP) is 4.26. The Hall–Kier alpha value is -3.63. The maximum absolute atomic E-state index is 14.1. The first-order valence-electron chi connectivity index (χ1n) is 9.60. The van der Waals surface area contributed by atoms with E-state index in [0.29, 0.717) is 25.2 Å². The lowest BCUT2D eigenvalue weighted by Gasteiger charge is -2.20. The van der Waals surface area contributed by atoms with Gasteiger partial charge in [0.05, 0.1) is 23.0 Å². The first-order valence-corrected chi connectivity index (χ1v) is 9.60. The summed E-state index contributed by atoms with van der Waals surface area (Å²) in [6.07, 6.45) is -3.08. The zero-order valence-corrected chi connectivity index (χ0v) is 16.4. The van der Waals surface area contributed by atoms with Gasteiger partial charge in [-0.1, -0.05) is 12.1 Å². The second-order valence-corrected chi connectivity index (χ2v) is 7.21. The number of H-pyrrole nitrogens is 1. The standard InChI is InChI=1S/C21H17F5N4O2/c22-16-5-2-6-17(23)18(16)19-15(10-27-29-19)20(31)28-12-7-8-30(11-12)13-3-1-4-14(9-13)32-21(24,25)26/h1-6,9-10,12H,7-8,11H2,(H,27,29)(H,28,31). The number of hydrogen-bond donors (Lipinski definition) is 2. The minimum atomic E-state index is -4.79. The minimum Gasteiger partial charge on any atom is -0.406 e. The zero-order valence-electron chi connectivity index (χ0n) is 16.4. The number of carbonyl (C=O) groups is 1. The molecular weight excluding hydrogens is 435 g/mol. The molecule has 1 saturated heterocycles. The van der Waals surface area contributed by atoms with Crippen molar-refractivity contribution in [3.05, 3.63) is 65.9 Å². The molecule has 32 heavy (non-hydrogen) atoms. The number of ether oxygens (including phenoxy) is 1. The van der Waals surface area contributed by atoms with Gasteiger partial charge in [-0.05, 0) is 30.7 Å². The number of nitrogens with zero attached hydrogens (tertiary/aromatic N) is 2. The summed E-state index contributed by atoms with van der Waals surface area (Å²) >= 11 is 0. The molecule has 11 heteroatoms. The van der Waals surface area contributed by atoms with Crippen molar-refractivity contribution in [1.82, 2.24) is 15.5 Å². The van der Waals surface area contributed by atoms with Gasteiger partial charge in [0.25, 0.3) is 5.91 Å². The summed E-state index contributed by atoms with van der Waals surface area (Å²) in [5, 5.41) is 8.99. The van der Waals surface area contributed by atoms with Crippen LogP contribution >= 0.6 is 0 Å². The average Bonchev–Trinajstić information content (AvgIpc) is 3.37. The number of nitrogens with one attached hydrogen (secondary N) is 2. The first kappa shape index (κ1) is 21.6. The van der Waals surface area contributed by atoms with E-state index < -0.39 is 23.9 Å². The van der Waals surface area contributed by atoms with Gasteiger partial charge < -0.3 is 15.0 Å². The Morgan fingerprint density at radius 2 is 1.88 bits per heavy atom.